The molecule has 6 rings (SSSR count). The number of nitrogens with one attached hydrogen (secondary N) is 5. The van der Waals surface area contributed by atoms with Crippen LogP contribution in [0.4, 0.5) is 11.6 Å². The Morgan fingerprint density at radius 1 is 0.465 bits per heavy atom. The molecule has 0 fully saturated rings. The van der Waals surface area contributed by atoms with Gasteiger partial charge in [0, 0.05) is 37.1 Å². The van der Waals surface area contributed by atoms with E-state index in [9.17, 15) is 48.6 Å². The van der Waals surface area contributed by atoms with Gasteiger partial charge in [-0.15, -0.1) is 0 Å². The maximum absolute atomic E-state index is 12.9. The van der Waals surface area contributed by atoms with Gasteiger partial charge in [-0.1, -0.05) is 36.4 Å². The molecule has 560 valence electrons. The van der Waals surface area contributed by atoms with E-state index in [-0.39, 0.29) is 149 Å². The summed E-state index contributed by atoms with van der Waals surface area (Å²) in [6.45, 7) is 23.9. The third-order valence-electron chi connectivity index (χ3n) is 13.0. The van der Waals surface area contributed by atoms with Crippen molar-refractivity contribution in [1.29, 1.82) is 0 Å². The van der Waals surface area contributed by atoms with Gasteiger partial charge in [-0.3, -0.25) is 38.4 Å². The molecule has 4 aromatic heterocycles. The lowest BCUT2D eigenvalue weighted by atomic mass is 10.1. The molecule has 2 aromatic carbocycles. The normalized spacial score (nSPS) is 11.7. The fraction of sp³-hybridized carbons (Fsp3) is 0.588. The molecule has 0 saturated heterocycles. The number of carboxylic acid groups (broad SMARTS) is 1. The highest BCUT2D eigenvalue weighted by molar-refractivity contribution is 6.10. The summed E-state index contributed by atoms with van der Waals surface area (Å²) in [5, 5.41) is 43.7. The number of nitrogens with zero attached hydrogens (tertiary/aromatic N) is 6. The second kappa shape index (κ2) is 42.6. The molecule has 4 heterocycles. The topological polar surface area (TPSA) is 437 Å². The van der Waals surface area contributed by atoms with Crippen LogP contribution < -0.4 is 32.3 Å². The molecule has 0 atom stereocenters. The van der Waals surface area contributed by atoms with Crippen molar-refractivity contribution in [2.45, 2.75) is 145 Å². The minimum absolute atomic E-state index is 0.0677. The molecule has 101 heavy (non-hydrogen) atoms. The number of carbonyl (C=O) groups is 8. The van der Waals surface area contributed by atoms with E-state index in [2.05, 4.69) is 41.5 Å². The highest BCUT2D eigenvalue weighted by Gasteiger charge is 2.26. The van der Waals surface area contributed by atoms with Crippen LogP contribution in [0.2, 0.25) is 0 Å². The number of fused-ring (bicyclic) bond motifs is 6. The Labute approximate surface area is 586 Å². The summed E-state index contributed by atoms with van der Waals surface area (Å²) in [6.07, 6.45) is 0.151. The number of carbonyl (C=O) groups excluding carboxylic acids is 7. The second-order valence-corrected chi connectivity index (χ2v) is 25.8. The number of aliphatic carboxylic acids is 1. The average molecular weight is 1420 g/mol. The Morgan fingerprint density at radius 2 is 0.832 bits per heavy atom. The van der Waals surface area contributed by atoms with Gasteiger partial charge in [0.25, 0.3) is 0 Å². The molecule has 0 aliphatic carbocycles. The smallest absolute Gasteiger partial charge is 0.322 e. The van der Waals surface area contributed by atoms with Crippen molar-refractivity contribution >= 4 is 103 Å². The van der Waals surface area contributed by atoms with Crippen molar-refractivity contribution in [1.82, 2.24) is 50.3 Å². The Morgan fingerprint density at radius 3 is 1.23 bits per heavy atom. The van der Waals surface area contributed by atoms with Crippen molar-refractivity contribution in [2.24, 2.45) is 0 Å². The average Bonchev–Trinajstić information content (AvgIpc) is 1.63. The van der Waals surface area contributed by atoms with Crippen LogP contribution in [0, 0.1) is 0 Å². The molecule has 0 aliphatic rings. The van der Waals surface area contributed by atoms with Gasteiger partial charge in [0.1, 0.15) is 80.1 Å². The highest BCUT2D eigenvalue weighted by Crippen LogP contribution is 2.33. The van der Waals surface area contributed by atoms with Gasteiger partial charge in [-0.05, 0) is 95.2 Å². The third kappa shape index (κ3) is 33.6. The molecule has 0 radical (unpaired) electrons. The number of aromatic nitrogens is 6. The van der Waals surface area contributed by atoms with E-state index in [1.165, 1.54) is 0 Å². The maximum Gasteiger partial charge on any atom is 0.322 e. The summed E-state index contributed by atoms with van der Waals surface area (Å²) >= 11 is 0. The number of ether oxygens (including phenoxy) is 10. The number of nitrogens with two attached hydrogens (primary N) is 1. The lowest BCUT2D eigenvalue weighted by Gasteiger charge is -2.20. The van der Waals surface area contributed by atoms with E-state index < -0.39 is 58.6 Å². The van der Waals surface area contributed by atoms with Gasteiger partial charge >= 0.3 is 17.9 Å². The number of carboxylic acids is 1. The fourth-order valence-electron chi connectivity index (χ4n) is 9.06. The predicted molar refractivity (Wildman–Crippen MR) is 372 cm³/mol. The lowest BCUT2D eigenvalue weighted by molar-refractivity contribution is -0.156. The Balaban J connectivity index is 0.000000356. The molecule has 0 bridgehead atoms. The zero-order valence-corrected chi connectivity index (χ0v) is 60.0. The lowest BCUT2D eigenvalue weighted by Crippen LogP contribution is -2.35. The number of para-hydroxylation sites is 2. The number of rotatable bonds is 41. The SMILES string of the molecule is CC(C)(C)OC(=O)CCNC(=O)COCCOCCOCC(=O)NCC(=O)O.CCOCc1nc2c(N)nc3ccccc3c2n1CC(C)(C)O.CCOCc1nc2c(NC(=O)CNC(=O)COCCOCCOCC(=O)NCCC(=O)OC(C)(C)C)nc3ccccc3c2n1CC(C)(C)O. The van der Waals surface area contributed by atoms with Gasteiger partial charge in [0.2, 0.25) is 29.5 Å². The number of aliphatic hydroxyl groups is 2. The molecule has 0 spiro atoms. The Bertz CT molecular complexity index is 3650. The van der Waals surface area contributed by atoms with E-state index >= 15 is 0 Å². The molecule has 6 aromatic rings. The van der Waals surface area contributed by atoms with Gasteiger partial charge in [0.15, 0.2) is 11.6 Å². The van der Waals surface area contributed by atoms with Crippen molar-refractivity contribution in [2.75, 3.05) is 130 Å². The predicted octanol–water partition coefficient (Wildman–Crippen LogP) is 3.40. The Hall–Kier alpha value is -8.64. The van der Waals surface area contributed by atoms with Crippen LogP contribution in [0.5, 0.6) is 0 Å². The number of nitrogen functional groups attached to an aromatic ring is 1. The number of hydrogen-bond acceptors (Lipinski definition) is 25. The van der Waals surface area contributed by atoms with E-state index in [0.29, 0.717) is 60.1 Å². The minimum atomic E-state index is -1.13. The number of amides is 5. The zero-order valence-electron chi connectivity index (χ0n) is 60.0. The number of anilines is 2. The first-order valence-electron chi connectivity index (χ1n) is 33.1. The van der Waals surface area contributed by atoms with E-state index in [1.807, 2.05) is 71.5 Å². The molecular formula is C68H102N12O21. The molecule has 5 amide bonds. The molecule has 33 nitrogen and oxygen atoms in total. The van der Waals surface area contributed by atoms with Crippen LogP contribution >= 0.6 is 0 Å². The summed E-state index contributed by atoms with van der Waals surface area (Å²) in [5.41, 5.74) is 7.17. The van der Waals surface area contributed by atoms with Crippen molar-refractivity contribution in [3.63, 3.8) is 0 Å². The van der Waals surface area contributed by atoms with Crippen molar-refractivity contribution < 1.29 is 101 Å². The van der Waals surface area contributed by atoms with E-state index in [4.69, 9.17) is 63.2 Å². The Kier molecular flexibility index (Phi) is 35.7. The first-order chi connectivity index (χ1) is 47.7. The first-order valence-corrected chi connectivity index (χ1v) is 33.1. The van der Waals surface area contributed by atoms with Crippen LogP contribution in [0.15, 0.2) is 48.5 Å². The summed E-state index contributed by atoms with van der Waals surface area (Å²) in [4.78, 5) is 111. The van der Waals surface area contributed by atoms with Gasteiger partial charge in [0.05, 0.1) is 119 Å². The number of imidazole rings is 2. The van der Waals surface area contributed by atoms with Crippen LogP contribution in [-0.4, -0.2) is 233 Å². The minimum Gasteiger partial charge on any atom is -0.480 e. The van der Waals surface area contributed by atoms with E-state index in [0.717, 1.165) is 27.6 Å². The summed E-state index contributed by atoms with van der Waals surface area (Å²) in [5.74, 6) is -2.20. The van der Waals surface area contributed by atoms with Gasteiger partial charge < -0.3 is 104 Å². The third-order valence-corrected chi connectivity index (χ3v) is 13.0. The van der Waals surface area contributed by atoms with Crippen LogP contribution in [0.1, 0.15) is 108 Å². The summed E-state index contributed by atoms with van der Waals surface area (Å²) in [7, 11) is 0. The van der Waals surface area contributed by atoms with Crippen LogP contribution in [0.3, 0.4) is 0 Å². The van der Waals surface area contributed by atoms with Crippen molar-refractivity contribution in [3.05, 3.63) is 60.2 Å². The molecule has 10 N–H and O–H groups in total. The van der Waals surface area contributed by atoms with Gasteiger partial charge in [-0.25, -0.2) is 19.9 Å². The zero-order chi connectivity index (χ0) is 74.8. The van der Waals surface area contributed by atoms with Crippen LogP contribution in [-0.2, 0) is 112 Å². The molecule has 0 aliphatic heterocycles. The van der Waals surface area contributed by atoms with Gasteiger partial charge in [-0.2, -0.15) is 0 Å². The standard InChI is InChI=1S/C34H50N6O10.C17H22N4O2.C17H30N2O9/c1-7-46-19-25-38-30-31(40(25)22-34(5,6)45)23-10-8-9-11-24(23)37-32(30)39-26(41)18-36-28(43)21-49-17-15-47-14-16-48-20-27(42)35-13-12-29(44)50-33(2,3)4;1-4-23-9-13-20-14-15(21(13)10-17(2,3)22)11-7-5-6-8-12(11)19-16(14)18;1-17(2,3)28-16(24)4-5-18-13(20)11-26-8-6-25-7-9-27-12-14(21)19-10-15(22)23/h8-11,45H,7,12-22H2,1-6H3,(H,35,42)(H,36,43)(H,37,39,41);5-8,22H,4,9-10H2,1-3H3,(H2,18,19);4-12H2,1-3H3,(H,18,20)(H,19,21)(H,22,23). The number of benzene rings is 2. The highest BCUT2D eigenvalue weighted by atomic mass is 16.6. The number of esters is 2. The molecule has 0 saturated carbocycles. The summed E-state index contributed by atoms with van der Waals surface area (Å²) < 4.78 is 56.5. The van der Waals surface area contributed by atoms with Crippen LogP contribution in [0.25, 0.3) is 43.9 Å². The molecule has 33 heteroatoms. The monoisotopic (exact) mass is 1420 g/mol. The van der Waals surface area contributed by atoms with Crippen molar-refractivity contribution in [3.8, 4) is 0 Å². The quantitative estimate of drug-likeness (QED) is 0.0196. The fourth-order valence-corrected chi connectivity index (χ4v) is 9.06. The number of hydrogen-bond donors (Lipinski definition) is 9. The largest absolute Gasteiger partial charge is 0.480 e. The second-order valence-electron chi connectivity index (χ2n) is 25.8. The first kappa shape index (κ1) is 84.8. The molecule has 0 unspecified atom stereocenters. The molecular weight excluding hydrogens is 1320 g/mol. The van der Waals surface area contributed by atoms with E-state index in [1.54, 1.807) is 69.2 Å². The maximum atomic E-state index is 12.9. The number of pyridine rings is 2. The summed E-state index contributed by atoms with van der Waals surface area (Å²) in [6, 6.07) is 15.3.